The minimum atomic E-state index is 0.155. The van der Waals surface area contributed by atoms with E-state index in [1.54, 1.807) is 35.7 Å². The fraction of sp³-hybridized carbons (Fsp3) is 0.286. The van der Waals surface area contributed by atoms with Crippen LogP contribution in [0.3, 0.4) is 0 Å². The molecule has 0 fully saturated rings. The third-order valence-electron chi connectivity index (χ3n) is 3.49. The fourth-order valence-electron chi connectivity index (χ4n) is 2.48. The molecule has 0 radical (unpaired) electrons. The van der Waals surface area contributed by atoms with Gasteiger partial charge in [0.25, 0.3) is 0 Å². The lowest BCUT2D eigenvalue weighted by atomic mass is 10.2. The molecular formula is C14H14N4OS2. The molecule has 108 valence electrons. The summed E-state index contributed by atoms with van der Waals surface area (Å²) in [5.41, 5.74) is 1.15. The smallest absolute Gasteiger partial charge is 0.216 e. The number of benzene rings is 1. The Bertz CT molecular complexity index is 723. The predicted octanol–water partition coefficient (Wildman–Crippen LogP) is 3.40. The molecule has 1 atom stereocenters. The molecule has 2 aliphatic rings. The lowest BCUT2D eigenvalue weighted by Gasteiger charge is -2.26. The Morgan fingerprint density at radius 2 is 1.95 bits per heavy atom. The Hall–Kier alpha value is -1.60. The number of rotatable bonds is 2. The monoisotopic (exact) mass is 318 g/mol. The van der Waals surface area contributed by atoms with Gasteiger partial charge in [-0.3, -0.25) is 5.01 Å². The molecule has 0 amide bonds. The minimum Gasteiger partial charge on any atom is -0.508 e. The number of hydrogen-bond acceptors (Lipinski definition) is 6. The van der Waals surface area contributed by atoms with Crippen LogP contribution in [0.5, 0.6) is 5.75 Å². The molecule has 0 aliphatic carbocycles. The van der Waals surface area contributed by atoms with Crippen LogP contribution in [0, 0.1) is 0 Å². The van der Waals surface area contributed by atoms with Gasteiger partial charge in [-0.2, -0.15) is 0 Å². The highest BCUT2D eigenvalue weighted by Crippen LogP contribution is 2.51. The van der Waals surface area contributed by atoms with Gasteiger partial charge in [0.05, 0.1) is 0 Å². The second-order valence-corrected chi connectivity index (χ2v) is 7.23. The Morgan fingerprint density at radius 3 is 2.67 bits per heavy atom. The van der Waals surface area contributed by atoms with E-state index in [9.17, 15) is 5.11 Å². The van der Waals surface area contributed by atoms with Crippen molar-refractivity contribution in [2.24, 2.45) is 0 Å². The average molecular weight is 318 g/mol. The zero-order valence-corrected chi connectivity index (χ0v) is 13.2. The van der Waals surface area contributed by atoms with E-state index in [1.165, 1.54) is 5.03 Å². The SMILES string of the molecule is CC(C)c1nnc2n1N1C(=CSC1c1ccc(O)cc1)S2. The van der Waals surface area contributed by atoms with Gasteiger partial charge in [0.2, 0.25) is 5.16 Å². The molecule has 0 saturated carbocycles. The second-order valence-electron chi connectivity index (χ2n) is 5.29. The Morgan fingerprint density at radius 1 is 1.19 bits per heavy atom. The maximum absolute atomic E-state index is 9.47. The molecule has 21 heavy (non-hydrogen) atoms. The van der Waals surface area contributed by atoms with Gasteiger partial charge in [-0.05, 0) is 29.5 Å². The summed E-state index contributed by atoms with van der Waals surface area (Å²) in [5.74, 6) is 1.59. The van der Waals surface area contributed by atoms with Crippen molar-refractivity contribution in [3.8, 4) is 5.75 Å². The van der Waals surface area contributed by atoms with Crippen LogP contribution in [0.4, 0.5) is 0 Å². The molecule has 1 aromatic heterocycles. The molecule has 1 N–H and O–H groups in total. The van der Waals surface area contributed by atoms with Crippen molar-refractivity contribution < 1.29 is 5.11 Å². The molecule has 4 rings (SSSR count). The standard InChI is InChI=1S/C14H14N4OS2/c1-8(2)12-15-16-14-18(12)17-11(21-14)7-20-13(17)9-3-5-10(19)6-4-9/h3-8,13,19H,1-2H3. The zero-order chi connectivity index (χ0) is 14.6. The summed E-state index contributed by atoms with van der Waals surface area (Å²) in [6, 6.07) is 7.39. The van der Waals surface area contributed by atoms with Crippen LogP contribution in [0.2, 0.25) is 0 Å². The summed E-state index contributed by atoms with van der Waals surface area (Å²) in [6.45, 7) is 4.25. The van der Waals surface area contributed by atoms with E-state index in [-0.39, 0.29) is 5.37 Å². The molecule has 3 heterocycles. The highest BCUT2D eigenvalue weighted by molar-refractivity contribution is 8.07. The van der Waals surface area contributed by atoms with Crippen LogP contribution < -0.4 is 5.01 Å². The van der Waals surface area contributed by atoms with Crippen LogP contribution in [0.25, 0.3) is 0 Å². The molecule has 7 heteroatoms. The van der Waals surface area contributed by atoms with E-state index < -0.39 is 0 Å². The molecule has 2 aromatic rings. The number of phenols is 1. The van der Waals surface area contributed by atoms with Gasteiger partial charge in [0.15, 0.2) is 5.82 Å². The summed E-state index contributed by atoms with van der Waals surface area (Å²) >= 11 is 3.42. The molecule has 2 aliphatic heterocycles. The van der Waals surface area contributed by atoms with Crippen LogP contribution in [0.1, 0.15) is 36.5 Å². The third kappa shape index (κ3) is 1.95. The number of nitrogens with zero attached hydrogens (tertiary/aromatic N) is 4. The highest BCUT2D eigenvalue weighted by atomic mass is 32.2. The number of fused-ring (bicyclic) bond motifs is 3. The molecular weight excluding hydrogens is 304 g/mol. The topological polar surface area (TPSA) is 54.2 Å². The number of thioether (sulfide) groups is 2. The van der Waals surface area contributed by atoms with Crippen molar-refractivity contribution in [1.29, 1.82) is 0 Å². The summed E-state index contributed by atoms with van der Waals surface area (Å²) in [6.07, 6.45) is 0. The lowest BCUT2D eigenvalue weighted by molar-refractivity contribution is 0.475. The van der Waals surface area contributed by atoms with E-state index in [4.69, 9.17) is 0 Å². The van der Waals surface area contributed by atoms with Crippen molar-refractivity contribution >= 4 is 23.5 Å². The van der Waals surface area contributed by atoms with Gasteiger partial charge in [-0.1, -0.05) is 37.7 Å². The minimum absolute atomic E-state index is 0.155. The quantitative estimate of drug-likeness (QED) is 0.916. The average Bonchev–Trinajstić information content (AvgIpc) is 3.09. The number of phenolic OH excluding ortho intramolecular Hbond substituents is 1. The van der Waals surface area contributed by atoms with Crippen molar-refractivity contribution in [2.45, 2.75) is 30.3 Å². The van der Waals surface area contributed by atoms with Gasteiger partial charge in [-0.25, -0.2) is 4.68 Å². The van der Waals surface area contributed by atoms with E-state index in [1.807, 2.05) is 12.1 Å². The third-order valence-corrected chi connectivity index (χ3v) is 5.68. The fourth-order valence-corrected chi connectivity index (χ4v) is 4.71. The van der Waals surface area contributed by atoms with Crippen molar-refractivity contribution in [3.05, 3.63) is 46.1 Å². The van der Waals surface area contributed by atoms with Crippen molar-refractivity contribution in [2.75, 3.05) is 5.01 Å². The Labute approximate surface area is 131 Å². The van der Waals surface area contributed by atoms with Crippen LogP contribution in [-0.4, -0.2) is 20.0 Å². The van der Waals surface area contributed by atoms with Gasteiger partial charge >= 0.3 is 0 Å². The first kappa shape index (κ1) is 13.1. The first-order chi connectivity index (χ1) is 10.1. The molecule has 1 aromatic carbocycles. The highest BCUT2D eigenvalue weighted by Gasteiger charge is 2.39. The van der Waals surface area contributed by atoms with Gasteiger partial charge in [0, 0.05) is 11.3 Å². The summed E-state index contributed by atoms with van der Waals surface area (Å²) in [5, 5.41) is 24.7. The van der Waals surface area contributed by atoms with E-state index in [2.05, 4.69) is 39.1 Å². The van der Waals surface area contributed by atoms with E-state index in [0.29, 0.717) is 11.7 Å². The predicted molar refractivity (Wildman–Crippen MR) is 84.7 cm³/mol. The largest absolute Gasteiger partial charge is 0.508 e. The van der Waals surface area contributed by atoms with Crippen LogP contribution in [-0.2, 0) is 0 Å². The van der Waals surface area contributed by atoms with Crippen LogP contribution >= 0.6 is 23.5 Å². The van der Waals surface area contributed by atoms with Crippen molar-refractivity contribution in [3.63, 3.8) is 0 Å². The molecule has 1 unspecified atom stereocenters. The lowest BCUT2D eigenvalue weighted by Crippen LogP contribution is -2.31. The number of hydrogen-bond donors (Lipinski definition) is 1. The van der Waals surface area contributed by atoms with Crippen LogP contribution in [0.15, 0.2) is 39.9 Å². The maximum atomic E-state index is 9.47. The summed E-state index contributed by atoms with van der Waals surface area (Å²) in [4.78, 5) is 0. The Balaban J connectivity index is 1.77. The zero-order valence-electron chi connectivity index (χ0n) is 11.6. The maximum Gasteiger partial charge on any atom is 0.216 e. The molecule has 0 saturated heterocycles. The number of aromatic hydroxyl groups is 1. The number of aromatic nitrogens is 3. The van der Waals surface area contributed by atoms with Gasteiger partial charge in [0.1, 0.15) is 16.2 Å². The first-order valence-corrected chi connectivity index (χ1v) is 8.48. The molecule has 0 spiro atoms. The Kier molecular flexibility index (Phi) is 2.93. The summed E-state index contributed by atoms with van der Waals surface area (Å²) in [7, 11) is 0. The normalized spacial score (nSPS) is 19.9. The van der Waals surface area contributed by atoms with E-state index >= 15 is 0 Å². The van der Waals surface area contributed by atoms with Gasteiger partial charge in [-0.15, -0.1) is 10.2 Å². The van der Waals surface area contributed by atoms with Gasteiger partial charge < -0.3 is 5.11 Å². The van der Waals surface area contributed by atoms with Crippen molar-refractivity contribution in [1.82, 2.24) is 14.9 Å². The molecule has 5 nitrogen and oxygen atoms in total. The molecule has 0 bridgehead atoms. The summed E-state index contributed by atoms with van der Waals surface area (Å²) < 4.78 is 2.12. The second kappa shape index (κ2) is 4.71. The van der Waals surface area contributed by atoms with E-state index in [0.717, 1.165) is 16.5 Å². The first-order valence-electron chi connectivity index (χ1n) is 6.72.